The third kappa shape index (κ3) is 4.48. The first kappa shape index (κ1) is 12.5. The van der Waals surface area contributed by atoms with Crippen molar-refractivity contribution < 1.29 is 0 Å². The minimum Gasteiger partial charge on any atom is -0.311 e. The van der Waals surface area contributed by atoms with E-state index in [4.69, 9.17) is 0 Å². The number of rotatable bonds is 6. The maximum Gasteiger partial charge on any atom is 0.0300 e. The molecule has 1 aromatic heterocycles. The average molecular weight is 255 g/mol. The van der Waals surface area contributed by atoms with Crippen molar-refractivity contribution in [3.05, 3.63) is 22.4 Å². The van der Waals surface area contributed by atoms with E-state index in [1.807, 2.05) is 11.3 Å². The van der Waals surface area contributed by atoms with Gasteiger partial charge in [-0.15, -0.1) is 11.3 Å². The molecule has 2 rings (SSSR count). The van der Waals surface area contributed by atoms with E-state index >= 15 is 0 Å². The zero-order valence-corrected chi connectivity index (χ0v) is 11.4. The molecular weight excluding hydrogens is 234 g/mol. The van der Waals surface area contributed by atoms with Gasteiger partial charge in [-0.2, -0.15) is 11.8 Å². The average Bonchev–Trinajstić information content (AvgIpc) is 2.83. The molecule has 0 amide bonds. The van der Waals surface area contributed by atoms with Crippen molar-refractivity contribution in [3.63, 3.8) is 0 Å². The molecule has 3 heteroatoms. The molecule has 1 aliphatic carbocycles. The highest BCUT2D eigenvalue weighted by atomic mass is 32.2. The second kappa shape index (κ2) is 7.36. The number of thioether (sulfide) groups is 1. The summed E-state index contributed by atoms with van der Waals surface area (Å²) in [6.45, 7) is 2.20. The number of hydrogen-bond donors (Lipinski definition) is 1. The number of nitrogens with one attached hydrogen (secondary N) is 1. The molecule has 1 heterocycles. The first-order valence-electron chi connectivity index (χ1n) is 6.30. The molecule has 90 valence electrons. The molecule has 0 saturated heterocycles. The van der Waals surface area contributed by atoms with E-state index in [-0.39, 0.29) is 0 Å². The summed E-state index contributed by atoms with van der Waals surface area (Å²) in [5.41, 5.74) is 0. The van der Waals surface area contributed by atoms with Crippen molar-refractivity contribution in [2.24, 2.45) is 0 Å². The molecule has 1 saturated carbocycles. The number of thiophene rings is 1. The van der Waals surface area contributed by atoms with Crippen molar-refractivity contribution in [1.82, 2.24) is 5.32 Å². The van der Waals surface area contributed by atoms with Crippen LogP contribution in [0.5, 0.6) is 0 Å². The van der Waals surface area contributed by atoms with Gasteiger partial charge in [0.05, 0.1) is 0 Å². The smallest absolute Gasteiger partial charge is 0.0300 e. The van der Waals surface area contributed by atoms with Crippen LogP contribution in [0.15, 0.2) is 17.5 Å². The van der Waals surface area contributed by atoms with Gasteiger partial charge in [-0.05, 0) is 24.3 Å². The predicted octanol–water partition coefficient (Wildman–Crippen LogP) is 3.90. The van der Waals surface area contributed by atoms with Gasteiger partial charge < -0.3 is 5.32 Å². The summed E-state index contributed by atoms with van der Waals surface area (Å²) in [5, 5.41) is 6.62. The van der Waals surface area contributed by atoms with Crippen molar-refractivity contribution in [3.8, 4) is 0 Å². The second-order valence-electron chi connectivity index (χ2n) is 4.39. The minimum absolute atomic E-state index is 0.956. The molecule has 0 aliphatic heterocycles. The highest BCUT2D eigenvalue weighted by Gasteiger charge is 2.12. The predicted molar refractivity (Wildman–Crippen MR) is 75.4 cm³/mol. The summed E-state index contributed by atoms with van der Waals surface area (Å²) in [7, 11) is 0. The van der Waals surface area contributed by atoms with Crippen LogP contribution in [-0.2, 0) is 6.54 Å². The van der Waals surface area contributed by atoms with Crippen LogP contribution >= 0.6 is 23.1 Å². The summed E-state index contributed by atoms with van der Waals surface area (Å²) in [6.07, 6.45) is 7.29. The van der Waals surface area contributed by atoms with E-state index in [1.165, 1.54) is 42.7 Å². The zero-order chi connectivity index (χ0) is 11.1. The first-order valence-corrected chi connectivity index (χ1v) is 8.23. The van der Waals surface area contributed by atoms with Crippen LogP contribution in [0, 0.1) is 0 Å². The van der Waals surface area contributed by atoms with E-state index in [0.717, 1.165) is 18.3 Å². The Labute approximate surface area is 107 Å². The van der Waals surface area contributed by atoms with Crippen molar-refractivity contribution in [1.29, 1.82) is 0 Å². The van der Waals surface area contributed by atoms with Crippen LogP contribution in [0.1, 0.15) is 37.0 Å². The standard InChI is InChI=1S/C13H21NS2/c1-2-5-12(6-3-1)16-10-8-14-11-13-7-4-9-15-13/h4,7,9,12,14H,1-3,5-6,8,10-11H2. The summed E-state index contributed by atoms with van der Waals surface area (Å²) >= 11 is 4.02. The van der Waals surface area contributed by atoms with Crippen molar-refractivity contribution in [2.45, 2.75) is 43.9 Å². The largest absolute Gasteiger partial charge is 0.311 e. The SMILES string of the molecule is c1csc(CNCCSC2CCCCC2)c1. The quantitative estimate of drug-likeness (QED) is 0.774. The van der Waals surface area contributed by atoms with Crippen LogP contribution in [0.25, 0.3) is 0 Å². The fourth-order valence-electron chi connectivity index (χ4n) is 2.15. The molecule has 1 aliphatic rings. The Balaban J connectivity index is 1.48. The summed E-state index contributed by atoms with van der Waals surface area (Å²) in [6, 6.07) is 4.32. The Morgan fingerprint density at radius 2 is 2.19 bits per heavy atom. The van der Waals surface area contributed by atoms with Crippen LogP contribution < -0.4 is 5.32 Å². The van der Waals surface area contributed by atoms with E-state index in [0.29, 0.717) is 0 Å². The molecule has 1 fully saturated rings. The third-order valence-electron chi connectivity index (χ3n) is 3.06. The van der Waals surface area contributed by atoms with Crippen LogP contribution in [-0.4, -0.2) is 17.5 Å². The molecule has 0 aromatic carbocycles. The molecule has 1 nitrogen and oxygen atoms in total. The van der Waals surface area contributed by atoms with Crippen LogP contribution in [0.2, 0.25) is 0 Å². The Bertz CT molecular complexity index is 265. The van der Waals surface area contributed by atoms with Crippen molar-refractivity contribution in [2.75, 3.05) is 12.3 Å². The molecule has 0 radical (unpaired) electrons. The van der Waals surface area contributed by atoms with Crippen LogP contribution in [0.3, 0.4) is 0 Å². The summed E-state index contributed by atoms with van der Waals surface area (Å²) in [5.74, 6) is 1.27. The molecule has 0 atom stereocenters. The topological polar surface area (TPSA) is 12.0 Å². The molecule has 1 aromatic rings. The molecule has 0 unspecified atom stereocenters. The van der Waals surface area contributed by atoms with E-state index in [2.05, 4.69) is 34.6 Å². The Morgan fingerprint density at radius 3 is 2.94 bits per heavy atom. The van der Waals surface area contributed by atoms with E-state index < -0.39 is 0 Å². The lowest BCUT2D eigenvalue weighted by atomic mass is 10.0. The number of hydrogen-bond acceptors (Lipinski definition) is 3. The molecular formula is C13H21NS2. The lowest BCUT2D eigenvalue weighted by Gasteiger charge is -2.20. The Hall–Kier alpha value is 0.01000. The lowest BCUT2D eigenvalue weighted by molar-refractivity contribution is 0.516. The molecule has 0 bridgehead atoms. The van der Waals surface area contributed by atoms with Gasteiger partial charge in [0.1, 0.15) is 0 Å². The van der Waals surface area contributed by atoms with Gasteiger partial charge in [0.15, 0.2) is 0 Å². The van der Waals surface area contributed by atoms with E-state index in [9.17, 15) is 0 Å². The van der Waals surface area contributed by atoms with Crippen molar-refractivity contribution >= 4 is 23.1 Å². The fraction of sp³-hybridized carbons (Fsp3) is 0.692. The third-order valence-corrected chi connectivity index (χ3v) is 5.32. The molecule has 16 heavy (non-hydrogen) atoms. The van der Waals surface area contributed by atoms with Gasteiger partial charge in [0.25, 0.3) is 0 Å². The van der Waals surface area contributed by atoms with Gasteiger partial charge in [0.2, 0.25) is 0 Å². The van der Waals surface area contributed by atoms with Gasteiger partial charge in [-0.1, -0.05) is 25.3 Å². The normalized spacial score (nSPS) is 17.8. The van der Waals surface area contributed by atoms with E-state index in [1.54, 1.807) is 0 Å². The highest BCUT2D eigenvalue weighted by molar-refractivity contribution is 7.99. The van der Waals surface area contributed by atoms with Crippen LogP contribution in [0.4, 0.5) is 0 Å². The Morgan fingerprint density at radius 1 is 1.31 bits per heavy atom. The lowest BCUT2D eigenvalue weighted by Crippen LogP contribution is -2.18. The first-order chi connectivity index (χ1) is 7.95. The van der Waals surface area contributed by atoms with Gasteiger partial charge >= 0.3 is 0 Å². The monoisotopic (exact) mass is 255 g/mol. The van der Waals surface area contributed by atoms with Gasteiger partial charge in [-0.3, -0.25) is 0 Å². The zero-order valence-electron chi connectivity index (χ0n) is 9.78. The van der Waals surface area contributed by atoms with Gasteiger partial charge in [-0.25, -0.2) is 0 Å². The Kier molecular flexibility index (Phi) is 5.73. The summed E-state index contributed by atoms with van der Waals surface area (Å²) in [4.78, 5) is 1.45. The maximum absolute atomic E-state index is 3.52. The minimum atomic E-state index is 0.956. The molecule has 1 N–H and O–H groups in total. The fourth-order valence-corrected chi connectivity index (χ4v) is 4.09. The second-order valence-corrected chi connectivity index (χ2v) is 6.83. The molecule has 0 spiro atoms. The van der Waals surface area contributed by atoms with Gasteiger partial charge in [0, 0.05) is 29.0 Å². The highest BCUT2D eigenvalue weighted by Crippen LogP contribution is 2.27. The maximum atomic E-state index is 3.52. The summed E-state index contributed by atoms with van der Waals surface area (Å²) < 4.78 is 0.